The molecule has 31 heavy (non-hydrogen) atoms. The first-order chi connectivity index (χ1) is 14.6. The minimum absolute atomic E-state index is 0.0118. The first kappa shape index (κ1) is 23.8. The average Bonchev–Trinajstić information content (AvgIpc) is 3.24. The van der Waals surface area contributed by atoms with Crippen molar-refractivity contribution in [3.63, 3.8) is 0 Å². The molecule has 1 N–H and O–H groups in total. The van der Waals surface area contributed by atoms with Crippen molar-refractivity contribution >= 4 is 8.32 Å². The zero-order valence-electron chi connectivity index (χ0n) is 20.6. The van der Waals surface area contributed by atoms with Crippen LogP contribution in [-0.4, -0.2) is 44.6 Å². The van der Waals surface area contributed by atoms with Crippen molar-refractivity contribution < 1.29 is 19.0 Å². The van der Waals surface area contributed by atoms with Crippen molar-refractivity contribution in [2.75, 3.05) is 13.2 Å². The number of fused-ring (bicyclic) bond motifs is 2. The van der Waals surface area contributed by atoms with Gasteiger partial charge in [0.15, 0.2) is 14.1 Å². The Labute approximate surface area is 190 Å². The van der Waals surface area contributed by atoms with E-state index in [1.165, 1.54) is 32.1 Å². The SMILES string of the molecule is C[C@H]1[C@@H]2[C@H](O)[C@@H](C#C[C@@H](O[Si](C)(C)C(C)(C)C)C3CCCCC3)CC[C@@H]2C12OCCO2. The molecule has 0 amide bonds. The number of aliphatic hydroxyl groups is 1. The van der Waals surface area contributed by atoms with Crippen LogP contribution in [0.3, 0.4) is 0 Å². The molecule has 0 aromatic rings. The molecule has 4 nitrogen and oxygen atoms in total. The van der Waals surface area contributed by atoms with Crippen molar-refractivity contribution in [1.29, 1.82) is 0 Å². The molecule has 1 saturated heterocycles. The highest BCUT2D eigenvalue weighted by Crippen LogP contribution is 2.60. The van der Waals surface area contributed by atoms with E-state index < -0.39 is 14.1 Å². The van der Waals surface area contributed by atoms with Crippen molar-refractivity contribution in [3.8, 4) is 11.8 Å². The summed E-state index contributed by atoms with van der Waals surface area (Å²) in [6.45, 7) is 15.1. The van der Waals surface area contributed by atoms with Crippen LogP contribution in [-0.2, 0) is 13.9 Å². The molecule has 3 aliphatic carbocycles. The molecule has 0 radical (unpaired) electrons. The van der Waals surface area contributed by atoms with Gasteiger partial charge in [0, 0.05) is 23.7 Å². The van der Waals surface area contributed by atoms with Crippen LogP contribution in [0.15, 0.2) is 0 Å². The minimum atomic E-state index is -1.90. The number of hydrogen-bond donors (Lipinski definition) is 1. The minimum Gasteiger partial charge on any atom is -0.403 e. The van der Waals surface area contributed by atoms with Crippen molar-refractivity contribution in [3.05, 3.63) is 0 Å². The molecule has 1 heterocycles. The zero-order valence-corrected chi connectivity index (χ0v) is 21.6. The standard InChI is InChI=1S/C26H44O4Si/c1-18-23-21(26(18)28-16-17-29-26)14-12-20(24(23)27)13-15-22(19-10-8-7-9-11-19)30-31(5,6)25(2,3)4/h18-24,27H,7-12,14,16-17H2,1-6H3/t18-,20+,21-,22+,23-,24+/m0/s1. The second-order valence-corrected chi connectivity index (χ2v) is 16.8. The lowest BCUT2D eigenvalue weighted by Gasteiger charge is -2.61. The first-order valence-electron chi connectivity index (χ1n) is 12.7. The van der Waals surface area contributed by atoms with Gasteiger partial charge in [0.25, 0.3) is 0 Å². The van der Waals surface area contributed by atoms with Gasteiger partial charge in [0.2, 0.25) is 0 Å². The van der Waals surface area contributed by atoms with Gasteiger partial charge < -0.3 is 19.0 Å². The Hall–Kier alpha value is -0.383. The van der Waals surface area contributed by atoms with Crippen LogP contribution < -0.4 is 0 Å². The van der Waals surface area contributed by atoms with Crippen LogP contribution in [0, 0.1) is 41.4 Å². The van der Waals surface area contributed by atoms with Gasteiger partial charge in [-0.2, -0.15) is 0 Å². The molecule has 0 aromatic carbocycles. The molecule has 0 unspecified atom stereocenters. The molecule has 5 heteroatoms. The maximum Gasteiger partial charge on any atom is 0.193 e. The quantitative estimate of drug-likeness (QED) is 0.467. The second kappa shape index (κ2) is 8.76. The molecule has 0 aromatic heterocycles. The molecule has 1 aliphatic heterocycles. The monoisotopic (exact) mass is 448 g/mol. The Morgan fingerprint density at radius 1 is 1.03 bits per heavy atom. The lowest BCUT2D eigenvalue weighted by atomic mass is 9.52. The van der Waals surface area contributed by atoms with E-state index in [2.05, 4.69) is 52.6 Å². The lowest BCUT2D eigenvalue weighted by molar-refractivity contribution is -0.340. The van der Waals surface area contributed by atoms with E-state index in [1.807, 2.05) is 0 Å². The predicted molar refractivity (Wildman–Crippen MR) is 126 cm³/mol. The summed E-state index contributed by atoms with van der Waals surface area (Å²) in [5, 5.41) is 11.4. The molecule has 4 fully saturated rings. The van der Waals surface area contributed by atoms with Crippen LogP contribution in [0.25, 0.3) is 0 Å². The second-order valence-electron chi connectivity index (χ2n) is 12.1. The predicted octanol–water partition coefficient (Wildman–Crippen LogP) is 5.36. The third-order valence-electron chi connectivity index (χ3n) is 9.24. The largest absolute Gasteiger partial charge is 0.403 e. The Balaban J connectivity index is 1.48. The summed E-state index contributed by atoms with van der Waals surface area (Å²) in [6.07, 6.45) is 7.94. The summed E-state index contributed by atoms with van der Waals surface area (Å²) in [7, 11) is -1.90. The Morgan fingerprint density at radius 3 is 2.29 bits per heavy atom. The van der Waals surface area contributed by atoms with E-state index in [-0.39, 0.29) is 35.0 Å². The molecular weight excluding hydrogens is 404 g/mol. The molecule has 3 saturated carbocycles. The maximum absolute atomic E-state index is 11.2. The Kier molecular flexibility index (Phi) is 6.72. The third-order valence-corrected chi connectivity index (χ3v) is 13.7. The van der Waals surface area contributed by atoms with Gasteiger partial charge in [0.05, 0.1) is 19.3 Å². The smallest absolute Gasteiger partial charge is 0.193 e. The lowest BCUT2D eigenvalue weighted by Crippen LogP contribution is -2.67. The van der Waals surface area contributed by atoms with Gasteiger partial charge in [-0.15, -0.1) is 0 Å². The van der Waals surface area contributed by atoms with E-state index in [0.717, 1.165) is 12.8 Å². The summed E-state index contributed by atoms with van der Waals surface area (Å²) in [5.74, 6) is 8.07. The summed E-state index contributed by atoms with van der Waals surface area (Å²) in [4.78, 5) is 0. The van der Waals surface area contributed by atoms with E-state index in [1.54, 1.807) is 0 Å². The van der Waals surface area contributed by atoms with Gasteiger partial charge >= 0.3 is 0 Å². The van der Waals surface area contributed by atoms with Crippen LogP contribution in [0.4, 0.5) is 0 Å². The summed E-state index contributed by atoms with van der Waals surface area (Å²) < 4.78 is 18.9. The average molecular weight is 449 g/mol. The molecule has 6 atom stereocenters. The molecule has 1 spiro atoms. The van der Waals surface area contributed by atoms with Gasteiger partial charge in [0.1, 0.15) is 6.10 Å². The van der Waals surface area contributed by atoms with Gasteiger partial charge in [-0.25, -0.2) is 0 Å². The third kappa shape index (κ3) is 4.28. The van der Waals surface area contributed by atoms with Crippen LogP contribution in [0.5, 0.6) is 0 Å². The fourth-order valence-corrected chi connectivity index (χ4v) is 7.51. The molecule has 0 bridgehead atoms. The van der Waals surface area contributed by atoms with E-state index in [9.17, 15) is 5.11 Å². The summed E-state index contributed by atoms with van der Waals surface area (Å²) >= 11 is 0. The van der Waals surface area contributed by atoms with Crippen molar-refractivity contribution in [2.45, 2.75) is 109 Å². The number of hydrogen-bond acceptors (Lipinski definition) is 4. The summed E-state index contributed by atoms with van der Waals surface area (Å²) in [5.41, 5.74) is 0. The Bertz CT molecular complexity index is 690. The van der Waals surface area contributed by atoms with E-state index >= 15 is 0 Å². The molecule has 4 aliphatic rings. The zero-order chi connectivity index (χ0) is 22.4. The van der Waals surface area contributed by atoms with Gasteiger partial charge in [-0.05, 0) is 49.7 Å². The molecular formula is C26H44O4Si. The van der Waals surface area contributed by atoms with Crippen LogP contribution in [0.2, 0.25) is 18.1 Å². The van der Waals surface area contributed by atoms with Crippen LogP contribution >= 0.6 is 0 Å². The van der Waals surface area contributed by atoms with Crippen LogP contribution in [0.1, 0.15) is 72.6 Å². The molecule has 4 rings (SSSR count). The fourth-order valence-electron chi connectivity index (χ4n) is 6.27. The highest BCUT2D eigenvalue weighted by molar-refractivity contribution is 6.74. The number of ether oxygens (including phenoxy) is 2. The van der Waals surface area contributed by atoms with E-state index in [0.29, 0.717) is 25.0 Å². The normalized spacial score (nSPS) is 36.9. The number of rotatable bonds is 3. The van der Waals surface area contributed by atoms with Gasteiger partial charge in [-0.1, -0.05) is 58.8 Å². The maximum atomic E-state index is 11.2. The first-order valence-corrected chi connectivity index (χ1v) is 15.6. The number of aliphatic hydroxyl groups excluding tert-OH is 1. The van der Waals surface area contributed by atoms with Gasteiger partial charge in [-0.3, -0.25) is 0 Å². The van der Waals surface area contributed by atoms with Crippen molar-refractivity contribution in [1.82, 2.24) is 0 Å². The summed E-state index contributed by atoms with van der Waals surface area (Å²) in [6, 6.07) is 0. The topological polar surface area (TPSA) is 47.9 Å². The highest BCUT2D eigenvalue weighted by atomic mass is 28.4. The Morgan fingerprint density at radius 2 is 1.68 bits per heavy atom. The fraction of sp³-hybridized carbons (Fsp3) is 0.923. The van der Waals surface area contributed by atoms with Crippen molar-refractivity contribution in [2.24, 2.45) is 29.6 Å². The highest BCUT2D eigenvalue weighted by Gasteiger charge is 2.67. The molecule has 176 valence electrons. The van der Waals surface area contributed by atoms with E-state index in [4.69, 9.17) is 13.9 Å².